The van der Waals surface area contributed by atoms with Crippen LogP contribution in [0.4, 0.5) is 0 Å². The molecular weight excluding hydrogens is 899 g/mol. The van der Waals surface area contributed by atoms with E-state index in [-0.39, 0.29) is 0 Å². The van der Waals surface area contributed by atoms with Crippen molar-refractivity contribution in [1.29, 1.82) is 0 Å². The first-order chi connectivity index (χ1) is 36.7. The summed E-state index contributed by atoms with van der Waals surface area (Å²) in [6, 6.07) is 97.2. The van der Waals surface area contributed by atoms with Crippen molar-refractivity contribution >= 4 is 43.6 Å². The molecule has 0 spiro atoms. The van der Waals surface area contributed by atoms with E-state index in [0.717, 1.165) is 105 Å². The number of rotatable bonds is 9. The quantitative estimate of drug-likeness (QED) is 0.145. The largest absolute Gasteiger partial charge is 0.307 e. The smallest absolute Gasteiger partial charge is 0.238 e. The lowest BCUT2D eigenvalue weighted by molar-refractivity contribution is 0.953. The minimum Gasteiger partial charge on any atom is -0.307 e. The lowest BCUT2D eigenvalue weighted by Crippen LogP contribution is -2.07. The van der Waals surface area contributed by atoms with Crippen molar-refractivity contribution in [2.75, 3.05) is 0 Å². The number of hydrogen-bond acceptors (Lipinski definition) is 3. The zero-order valence-electron chi connectivity index (χ0n) is 40.2. The normalized spacial score (nSPS) is 11.5. The molecular formula is C69H45N5. The third-order valence-corrected chi connectivity index (χ3v) is 14.4. The predicted octanol–water partition coefficient (Wildman–Crippen LogP) is 17.7. The molecule has 5 nitrogen and oxygen atoms in total. The number of hydrogen-bond donors (Lipinski definition) is 0. The van der Waals surface area contributed by atoms with E-state index in [1.807, 2.05) is 12.1 Å². The molecule has 0 bridgehead atoms. The van der Waals surface area contributed by atoms with Crippen LogP contribution >= 0.6 is 0 Å². The molecule has 0 fully saturated rings. The van der Waals surface area contributed by atoms with Crippen molar-refractivity contribution in [3.63, 3.8) is 0 Å². The van der Waals surface area contributed by atoms with Gasteiger partial charge in [0.15, 0.2) is 11.6 Å². The summed E-state index contributed by atoms with van der Waals surface area (Å²) in [5.74, 6) is 1.71. The highest BCUT2D eigenvalue weighted by Gasteiger charge is 2.25. The van der Waals surface area contributed by atoms with Crippen LogP contribution in [0.25, 0.3) is 134 Å². The van der Waals surface area contributed by atoms with E-state index in [1.165, 1.54) is 11.1 Å². The van der Waals surface area contributed by atoms with Crippen LogP contribution < -0.4 is 0 Å². The fourth-order valence-electron chi connectivity index (χ4n) is 11.0. The first kappa shape index (κ1) is 42.9. The first-order valence-electron chi connectivity index (χ1n) is 25.1. The van der Waals surface area contributed by atoms with Crippen molar-refractivity contribution in [3.05, 3.63) is 273 Å². The van der Waals surface area contributed by atoms with Crippen LogP contribution in [0.2, 0.25) is 0 Å². The SMILES string of the molecule is c1ccc(-c2cccc(-c3nc(-c4cccc(-c5ccccc5)c4)nc(-n4c5ccccc5c5ccc6c7ccccc7n(-c7ccccc7-c7ccc(-c8ccccc8)cc7-c7ccccc7)c6c54)n3)c2)cc1. The first-order valence-corrected chi connectivity index (χ1v) is 25.1. The minimum atomic E-state index is 0.534. The Balaban J connectivity index is 1.06. The highest BCUT2D eigenvalue weighted by molar-refractivity contribution is 6.24. The summed E-state index contributed by atoms with van der Waals surface area (Å²) < 4.78 is 4.76. The molecule has 0 saturated heterocycles. The monoisotopic (exact) mass is 943 g/mol. The highest BCUT2D eigenvalue weighted by Crippen LogP contribution is 2.45. The maximum absolute atomic E-state index is 5.53. The Morgan fingerprint density at radius 2 is 0.649 bits per heavy atom. The highest BCUT2D eigenvalue weighted by atomic mass is 15.2. The zero-order chi connectivity index (χ0) is 49.0. The fraction of sp³-hybridized carbons (Fsp3) is 0. The van der Waals surface area contributed by atoms with Gasteiger partial charge in [-0.15, -0.1) is 0 Å². The van der Waals surface area contributed by atoms with E-state index >= 15 is 0 Å². The van der Waals surface area contributed by atoms with Crippen LogP contribution in [-0.4, -0.2) is 24.1 Å². The van der Waals surface area contributed by atoms with Crippen LogP contribution in [0.3, 0.4) is 0 Å². The van der Waals surface area contributed by atoms with E-state index < -0.39 is 0 Å². The molecule has 0 radical (unpaired) electrons. The van der Waals surface area contributed by atoms with Gasteiger partial charge in [0, 0.05) is 38.2 Å². The third kappa shape index (κ3) is 7.37. The van der Waals surface area contributed by atoms with Crippen LogP contribution in [-0.2, 0) is 0 Å². The van der Waals surface area contributed by atoms with Crippen LogP contribution in [0.15, 0.2) is 273 Å². The molecule has 0 atom stereocenters. The maximum Gasteiger partial charge on any atom is 0.238 e. The van der Waals surface area contributed by atoms with Gasteiger partial charge in [-0.05, 0) is 86.5 Å². The second-order valence-corrected chi connectivity index (χ2v) is 18.7. The lowest BCUT2D eigenvalue weighted by atomic mass is 9.90. The third-order valence-electron chi connectivity index (χ3n) is 14.4. The number of fused-ring (bicyclic) bond motifs is 7. The van der Waals surface area contributed by atoms with E-state index in [1.54, 1.807) is 0 Å². The number of nitrogens with zero attached hydrogens (tertiary/aromatic N) is 5. The van der Waals surface area contributed by atoms with Crippen molar-refractivity contribution in [2.45, 2.75) is 0 Å². The lowest BCUT2D eigenvalue weighted by Gasteiger charge is -2.19. The summed E-state index contributed by atoms with van der Waals surface area (Å²) >= 11 is 0. The Hall–Kier alpha value is -9.97. The zero-order valence-corrected chi connectivity index (χ0v) is 40.2. The molecule has 3 aromatic heterocycles. The van der Waals surface area contributed by atoms with Gasteiger partial charge >= 0.3 is 0 Å². The maximum atomic E-state index is 5.53. The molecule has 0 aliphatic heterocycles. The molecule has 0 unspecified atom stereocenters. The van der Waals surface area contributed by atoms with E-state index in [4.69, 9.17) is 15.0 Å². The topological polar surface area (TPSA) is 48.5 Å². The van der Waals surface area contributed by atoms with Crippen molar-refractivity contribution in [1.82, 2.24) is 24.1 Å². The Kier molecular flexibility index (Phi) is 10.4. The minimum absolute atomic E-state index is 0.534. The summed E-state index contributed by atoms with van der Waals surface area (Å²) in [5, 5.41) is 4.51. The Labute approximate surface area is 428 Å². The molecule has 14 aromatic rings. The van der Waals surface area contributed by atoms with Gasteiger partial charge in [-0.25, -0.2) is 4.98 Å². The van der Waals surface area contributed by atoms with Crippen molar-refractivity contribution in [2.24, 2.45) is 0 Å². The molecule has 5 heteroatoms. The molecule has 0 aliphatic carbocycles. The molecule has 14 rings (SSSR count). The van der Waals surface area contributed by atoms with Gasteiger partial charge < -0.3 is 4.57 Å². The van der Waals surface area contributed by atoms with E-state index in [2.05, 4.69) is 270 Å². The summed E-state index contributed by atoms with van der Waals surface area (Å²) in [6.45, 7) is 0. The second-order valence-electron chi connectivity index (χ2n) is 18.7. The predicted molar refractivity (Wildman–Crippen MR) is 307 cm³/mol. The Morgan fingerprint density at radius 1 is 0.230 bits per heavy atom. The summed E-state index contributed by atoms with van der Waals surface area (Å²) in [4.78, 5) is 16.4. The molecule has 11 aromatic carbocycles. The van der Waals surface area contributed by atoms with Crippen LogP contribution in [0.5, 0.6) is 0 Å². The average Bonchev–Trinajstić information content (AvgIpc) is 4.02. The molecule has 0 amide bonds. The van der Waals surface area contributed by atoms with Crippen molar-refractivity contribution < 1.29 is 0 Å². The summed E-state index contributed by atoms with van der Waals surface area (Å²) in [5.41, 5.74) is 18.4. The molecule has 0 saturated carbocycles. The number of para-hydroxylation sites is 3. The van der Waals surface area contributed by atoms with E-state index in [0.29, 0.717) is 17.6 Å². The van der Waals surface area contributed by atoms with Crippen molar-refractivity contribution in [3.8, 4) is 90.0 Å². The van der Waals surface area contributed by atoms with Gasteiger partial charge in [0.25, 0.3) is 0 Å². The second kappa shape index (κ2) is 18.0. The number of aromatic nitrogens is 5. The van der Waals surface area contributed by atoms with Gasteiger partial charge in [-0.1, -0.05) is 237 Å². The standard InChI is InChI=1S/C69H45N5/c1-5-21-46(22-6-1)50-29-19-31-53(43-50)67-70-68(54-32-20-30-51(44-54)47-23-7-2-8-24-47)72-69(71-67)74-64-38-18-15-35-58(64)60-42-41-59-57-34-14-17-37-63(57)73(65(59)66(60)74)62-36-16-13-33-56(62)55-40-39-52(48-25-9-3-10-26-48)45-61(55)49-27-11-4-12-28-49/h1-45H. The molecule has 3 heterocycles. The number of benzene rings is 11. The van der Waals surface area contributed by atoms with Crippen LogP contribution in [0.1, 0.15) is 0 Å². The van der Waals surface area contributed by atoms with Gasteiger partial charge in [0.1, 0.15) is 0 Å². The van der Waals surface area contributed by atoms with Gasteiger partial charge in [-0.2, -0.15) is 9.97 Å². The van der Waals surface area contributed by atoms with E-state index in [9.17, 15) is 0 Å². The van der Waals surface area contributed by atoms with Gasteiger partial charge in [0.05, 0.1) is 27.8 Å². The van der Waals surface area contributed by atoms with Gasteiger partial charge in [-0.3, -0.25) is 4.57 Å². The van der Waals surface area contributed by atoms with Crippen LogP contribution in [0, 0.1) is 0 Å². The fourth-order valence-corrected chi connectivity index (χ4v) is 11.0. The average molecular weight is 944 g/mol. The summed E-state index contributed by atoms with van der Waals surface area (Å²) in [7, 11) is 0. The summed E-state index contributed by atoms with van der Waals surface area (Å²) in [6.07, 6.45) is 0. The molecule has 74 heavy (non-hydrogen) atoms. The molecule has 0 N–H and O–H groups in total. The Bertz CT molecular complexity index is 4300. The molecule has 0 aliphatic rings. The van der Waals surface area contributed by atoms with Gasteiger partial charge in [0.2, 0.25) is 5.95 Å². The molecule has 346 valence electrons. The Morgan fingerprint density at radius 3 is 1.20 bits per heavy atom.